The fourth-order valence-corrected chi connectivity index (χ4v) is 5.15. The van der Waals surface area contributed by atoms with E-state index in [-0.39, 0.29) is 29.0 Å². The molecule has 11 nitrogen and oxygen atoms in total. The molecule has 0 fully saturated rings. The average molecular weight is 628 g/mol. The molecule has 0 saturated heterocycles. The maximum Gasteiger partial charge on any atom is 0.338 e. The zero-order valence-corrected chi connectivity index (χ0v) is 26.7. The van der Waals surface area contributed by atoms with Gasteiger partial charge in [-0.15, -0.1) is 0 Å². The van der Waals surface area contributed by atoms with Gasteiger partial charge in [0.15, 0.2) is 13.2 Å². The number of esters is 2. The molecule has 1 heterocycles. The standard InChI is InChI=1S/C35H37N3O8/c1-19(2)13-29(35(44)46-18-31(40)37-28-12-8-21(4)15-23(28)6)38-32(41)25-10-9-24(16-26(25)33(38)42)34(43)45-17-30(39)36-27-11-7-20(3)14-22(27)5/h7-12,14-16,19,29H,13,17-18H2,1-6H3,(H,36,39)(H,37,40)/t29-/m1/s1. The lowest BCUT2D eigenvalue weighted by Crippen LogP contribution is -2.46. The summed E-state index contributed by atoms with van der Waals surface area (Å²) in [6.45, 7) is 9.99. The second kappa shape index (κ2) is 14.2. The SMILES string of the molecule is Cc1ccc(NC(=O)COC(=O)c2ccc3c(c2)C(=O)N([C@H](CC(C)C)C(=O)OCC(=O)Nc2ccc(C)cc2C)C3=O)c(C)c1. The zero-order chi connectivity index (χ0) is 33.7. The second-order valence-corrected chi connectivity index (χ2v) is 11.8. The van der Waals surface area contributed by atoms with Crippen molar-refractivity contribution in [2.24, 2.45) is 5.92 Å². The highest BCUT2D eigenvalue weighted by atomic mass is 16.5. The van der Waals surface area contributed by atoms with E-state index in [4.69, 9.17) is 9.47 Å². The molecule has 11 heteroatoms. The summed E-state index contributed by atoms with van der Waals surface area (Å²) in [6, 6.07) is 13.5. The molecule has 46 heavy (non-hydrogen) atoms. The van der Waals surface area contributed by atoms with E-state index in [0.717, 1.165) is 27.2 Å². The maximum absolute atomic E-state index is 13.5. The molecule has 240 valence electrons. The van der Waals surface area contributed by atoms with E-state index in [1.54, 1.807) is 12.1 Å². The first kappa shape index (κ1) is 33.6. The number of fused-ring (bicyclic) bond motifs is 1. The van der Waals surface area contributed by atoms with Crippen molar-refractivity contribution in [1.29, 1.82) is 0 Å². The van der Waals surface area contributed by atoms with Crippen LogP contribution in [0.15, 0.2) is 54.6 Å². The minimum Gasteiger partial charge on any atom is -0.454 e. The summed E-state index contributed by atoms with van der Waals surface area (Å²) in [6.07, 6.45) is 0.0907. The van der Waals surface area contributed by atoms with Crippen LogP contribution in [-0.4, -0.2) is 59.7 Å². The molecule has 0 spiro atoms. The number of hydrogen-bond donors (Lipinski definition) is 2. The third kappa shape index (κ3) is 7.84. The smallest absolute Gasteiger partial charge is 0.338 e. The molecule has 3 aromatic rings. The van der Waals surface area contributed by atoms with Crippen LogP contribution in [0.1, 0.15) is 73.6 Å². The van der Waals surface area contributed by atoms with Gasteiger partial charge in [0.2, 0.25) is 0 Å². The maximum atomic E-state index is 13.5. The lowest BCUT2D eigenvalue weighted by atomic mass is 10.0. The van der Waals surface area contributed by atoms with Gasteiger partial charge in [-0.05, 0) is 81.5 Å². The first-order valence-corrected chi connectivity index (χ1v) is 14.8. The zero-order valence-electron chi connectivity index (χ0n) is 26.7. The Morgan fingerprint density at radius 2 is 1.22 bits per heavy atom. The third-order valence-corrected chi connectivity index (χ3v) is 7.42. The Morgan fingerprint density at radius 1 is 0.696 bits per heavy atom. The van der Waals surface area contributed by atoms with Gasteiger partial charge in [0.1, 0.15) is 6.04 Å². The molecule has 0 radical (unpaired) electrons. The highest BCUT2D eigenvalue weighted by Crippen LogP contribution is 2.29. The summed E-state index contributed by atoms with van der Waals surface area (Å²) >= 11 is 0. The van der Waals surface area contributed by atoms with Crippen molar-refractivity contribution >= 4 is 46.9 Å². The molecular formula is C35H37N3O8. The highest BCUT2D eigenvalue weighted by molar-refractivity contribution is 6.23. The van der Waals surface area contributed by atoms with Crippen LogP contribution in [0.5, 0.6) is 0 Å². The number of rotatable bonds is 11. The van der Waals surface area contributed by atoms with Crippen molar-refractivity contribution < 1.29 is 38.2 Å². The number of nitrogens with zero attached hydrogens (tertiary/aromatic N) is 1. The molecule has 4 amide bonds. The number of imide groups is 1. The van der Waals surface area contributed by atoms with Crippen LogP contribution in [0.4, 0.5) is 11.4 Å². The summed E-state index contributed by atoms with van der Waals surface area (Å²) in [4.78, 5) is 78.5. The van der Waals surface area contributed by atoms with Crippen LogP contribution in [0, 0.1) is 33.6 Å². The Bertz CT molecular complexity index is 1730. The number of nitrogens with one attached hydrogen (secondary N) is 2. The van der Waals surface area contributed by atoms with Crippen LogP contribution >= 0.6 is 0 Å². The quantitative estimate of drug-likeness (QED) is 0.225. The van der Waals surface area contributed by atoms with Crippen LogP contribution in [0.3, 0.4) is 0 Å². The monoisotopic (exact) mass is 627 g/mol. The van der Waals surface area contributed by atoms with Crippen molar-refractivity contribution in [1.82, 2.24) is 4.90 Å². The fraction of sp³-hybridized carbons (Fsp3) is 0.314. The van der Waals surface area contributed by atoms with Crippen molar-refractivity contribution in [3.63, 3.8) is 0 Å². The Morgan fingerprint density at radius 3 is 1.74 bits per heavy atom. The Balaban J connectivity index is 1.41. The predicted molar refractivity (Wildman–Crippen MR) is 171 cm³/mol. The van der Waals surface area contributed by atoms with Gasteiger partial charge in [-0.25, -0.2) is 9.59 Å². The summed E-state index contributed by atoms with van der Waals surface area (Å²) in [5, 5.41) is 5.38. The Labute approximate surface area is 267 Å². The van der Waals surface area contributed by atoms with E-state index >= 15 is 0 Å². The van der Waals surface area contributed by atoms with Gasteiger partial charge >= 0.3 is 11.9 Å². The third-order valence-electron chi connectivity index (χ3n) is 7.42. The van der Waals surface area contributed by atoms with Crippen molar-refractivity contribution in [2.45, 2.75) is 54.0 Å². The van der Waals surface area contributed by atoms with E-state index in [9.17, 15) is 28.8 Å². The molecule has 0 aromatic heterocycles. The van der Waals surface area contributed by atoms with Gasteiger partial charge in [0, 0.05) is 11.4 Å². The van der Waals surface area contributed by atoms with Crippen LogP contribution < -0.4 is 10.6 Å². The molecular weight excluding hydrogens is 590 g/mol. The molecule has 1 aliphatic heterocycles. The van der Waals surface area contributed by atoms with Gasteiger partial charge in [0.25, 0.3) is 23.6 Å². The highest BCUT2D eigenvalue weighted by Gasteiger charge is 2.44. The first-order chi connectivity index (χ1) is 21.7. The summed E-state index contributed by atoms with van der Waals surface area (Å²) < 4.78 is 10.4. The van der Waals surface area contributed by atoms with E-state index in [2.05, 4.69) is 10.6 Å². The predicted octanol–water partition coefficient (Wildman–Crippen LogP) is 4.91. The van der Waals surface area contributed by atoms with E-state index in [1.807, 2.05) is 65.8 Å². The van der Waals surface area contributed by atoms with Gasteiger partial charge < -0.3 is 20.1 Å². The topological polar surface area (TPSA) is 148 Å². The molecule has 0 aliphatic carbocycles. The van der Waals surface area contributed by atoms with Crippen molar-refractivity contribution in [3.8, 4) is 0 Å². The number of carbonyl (C=O) groups is 6. The van der Waals surface area contributed by atoms with Crippen LogP contribution in [-0.2, 0) is 23.9 Å². The summed E-state index contributed by atoms with van der Waals surface area (Å²) in [5.41, 5.74) is 4.78. The molecule has 0 unspecified atom stereocenters. The number of ether oxygens (including phenoxy) is 2. The van der Waals surface area contributed by atoms with E-state index in [0.29, 0.717) is 11.4 Å². The van der Waals surface area contributed by atoms with Gasteiger partial charge in [-0.1, -0.05) is 49.2 Å². The average Bonchev–Trinajstić information content (AvgIpc) is 3.24. The molecule has 1 atom stereocenters. The van der Waals surface area contributed by atoms with E-state index < -0.39 is 54.8 Å². The van der Waals surface area contributed by atoms with Crippen molar-refractivity contribution in [2.75, 3.05) is 23.8 Å². The Hall–Kier alpha value is -5.32. The molecule has 1 aliphatic rings. The molecule has 2 N–H and O–H groups in total. The van der Waals surface area contributed by atoms with E-state index in [1.165, 1.54) is 18.2 Å². The molecule has 0 bridgehead atoms. The lowest BCUT2D eigenvalue weighted by molar-refractivity contribution is -0.151. The van der Waals surface area contributed by atoms with Gasteiger partial charge in [-0.2, -0.15) is 0 Å². The molecule has 3 aromatic carbocycles. The lowest BCUT2D eigenvalue weighted by Gasteiger charge is -2.25. The number of carbonyl (C=O) groups excluding carboxylic acids is 6. The number of anilines is 2. The Kier molecular flexibility index (Phi) is 10.4. The largest absolute Gasteiger partial charge is 0.454 e. The molecule has 4 rings (SSSR count). The number of benzene rings is 3. The molecule has 0 saturated carbocycles. The van der Waals surface area contributed by atoms with Gasteiger partial charge in [0.05, 0.1) is 16.7 Å². The fourth-order valence-electron chi connectivity index (χ4n) is 5.15. The number of hydrogen-bond acceptors (Lipinski definition) is 8. The van der Waals surface area contributed by atoms with Crippen LogP contribution in [0.2, 0.25) is 0 Å². The summed E-state index contributed by atoms with van der Waals surface area (Å²) in [5.74, 6) is -4.53. The minimum atomic E-state index is -1.30. The summed E-state index contributed by atoms with van der Waals surface area (Å²) in [7, 11) is 0. The van der Waals surface area contributed by atoms with Crippen LogP contribution in [0.25, 0.3) is 0 Å². The number of amides is 4. The first-order valence-electron chi connectivity index (χ1n) is 14.8. The minimum absolute atomic E-state index is 0.00304. The number of aryl methyl sites for hydroxylation is 4. The second-order valence-electron chi connectivity index (χ2n) is 11.8. The van der Waals surface area contributed by atoms with Gasteiger partial charge in [-0.3, -0.25) is 24.1 Å². The normalized spacial score (nSPS) is 12.9. The van der Waals surface area contributed by atoms with Crippen molar-refractivity contribution in [3.05, 3.63) is 93.5 Å².